The zero-order valence-corrected chi connectivity index (χ0v) is 12.6. The summed E-state index contributed by atoms with van der Waals surface area (Å²) >= 11 is 1.80. The Bertz CT molecular complexity index is 448. The van der Waals surface area contributed by atoms with Crippen LogP contribution >= 0.6 is 11.3 Å². The van der Waals surface area contributed by atoms with Crippen LogP contribution in [0.15, 0.2) is 0 Å². The van der Waals surface area contributed by atoms with E-state index in [1.54, 1.807) is 11.3 Å². The molecule has 0 saturated carbocycles. The van der Waals surface area contributed by atoms with Crippen LogP contribution in [0.4, 0.5) is 5.13 Å². The zero-order valence-electron chi connectivity index (χ0n) is 11.8. The fourth-order valence-electron chi connectivity index (χ4n) is 3.08. The zero-order chi connectivity index (χ0) is 13.4. The standard InChI is InChI=1S/C14H23N3OS/c1-3-10-9-17(8-7-16(10)2)14-15-13-11(18)5-4-6-12(13)19-14/h10-11,18H,3-9H2,1-2H3. The van der Waals surface area contributed by atoms with Crippen LogP contribution < -0.4 is 4.90 Å². The van der Waals surface area contributed by atoms with E-state index in [0.29, 0.717) is 6.04 Å². The van der Waals surface area contributed by atoms with Gasteiger partial charge in [0.25, 0.3) is 0 Å². The normalized spacial score (nSPS) is 28.5. The molecule has 0 spiro atoms. The van der Waals surface area contributed by atoms with Gasteiger partial charge >= 0.3 is 0 Å². The van der Waals surface area contributed by atoms with Gasteiger partial charge < -0.3 is 10.0 Å². The second-order valence-corrected chi connectivity index (χ2v) is 6.76. The molecule has 1 aromatic rings. The van der Waals surface area contributed by atoms with Crippen molar-refractivity contribution in [3.8, 4) is 0 Å². The van der Waals surface area contributed by atoms with E-state index in [9.17, 15) is 5.11 Å². The summed E-state index contributed by atoms with van der Waals surface area (Å²) in [6.07, 6.45) is 3.91. The maximum absolute atomic E-state index is 10.0. The summed E-state index contributed by atoms with van der Waals surface area (Å²) in [6, 6.07) is 0.625. The van der Waals surface area contributed by atoms with Gasteiger partial charge in [0.05, 0.1) is 11.8 Å². The van der Waals surface area contributed by atoms with Crippen molar-refractivity contribution in [1.29, 1.82) is 0 Å². The van der Waals surface area contributed by atoms with Gasteiger partial charge in [0.2, 0.25) is 0 Å². The Labute approximate surface area is 119 Å². The van der Waals surface area contributed by atoms with Crippen molar-refractivity contribution in [3.05, 3.63) is 10.6 Å². The molecule has 5 heteroatoms. The summed E-state index contributed by atoms with van der Waals surface area (Å²) < 4.78 is 0. The number of aliphatic hydroxyl groups excluding tert-OH is 1. The van der Waals surface area contributed by atoms with Gasteiger partial charge in [0, 0.05) is 30.6 Å². The molecular formula is C14H23N3OS. The van der Waals surface area contributed by atoms with Gasteiger partial charge in [-0.3, -0.25) is 4.90 Å². The molecule has 0 aromatic carbocycles. The average molecular weight is 281 g/mol. The van der Waals surface area contributed by atoms with E-state index in [-0.39, 0.29) is 6.10 Å². The third-order valence-corrected chi connectivity index (χ3v) is 5.62. The molecule has 1 aliphatic carbocycles. The van der Waals surface area contributed by atoms with Crippen molar-refractivity contribution in [2.45, 2.75) is 44.8 Å². The molecule has 19 heavy (non-hydrogen) atoms. The molecule has 2 unspecified atom stereocenters. The smallest absolute Gasteiger partial charge is 0.185 e. The summed E-state index contributed by atoms with van der Waals surface area (Å²) in [5, 5.41) is 11.2. The molecule has 1 aromatic heterocycles. The number of hydrogen-bond donors (Lipinski definition) is 1. The number of aliphatic hydroxyl groups is 1. The predicted octanol–water partition coefficient (Wildman–Crippen LogP) is 2.04. The van der Waals surface area contributed by atoms with Crippen LogP contribution in [-0.2, 0) is 6.42 Å². The summed E-state index contributed by atoms with van der Waals surface area (Å²) in [5.74, 6) is 0. The van der Waals surface area contributed by atoms with Gasteiger partial charge in [0.15, 0.2) is 5.13 Å². The Kier molecular flexibility index (Phi) is 3.78. The van der Waals surface area contributed by atoms with Crippen LogP contribution in [0.5, 0.6) is 0 Å². The Morgan fingerprint density at radius 1 is 1.42 bits per heavy atom. The van der Waals surface area contributed by atoms with E-state index in [4.69, 9.17) is 4.98 Å². The topological polar surface area (TPSA) is 39.6 Å². The number of thiazole rings is 1. The highest BCUT2D eigenvalue weighted by atomic mass is 32.1. The molecule has 2 atom stereocenters. The maximum Gasteiger partial charge on any atom is 0.185 e. The summed E-state index contributed by atoms with van der Waals surface area (Å²) in [4.78, 5) is 10.9. The Balaban J connectivity index is 1.79. The molecular weight excluding hydrogens is 258 g/mol. The first kappa shape index (κ1) is 13.3. The highest BCUT2D eigenvalue weighted by Crippen LogP contribution is 2.37. The number of piperazine rings is 1. The number of fused-ring (bicyclic) bond motifs is 1. The van der Waals surface area contributed by atoms with E-state index in [0.717, 1.165) is 49.7 Å². The number of rotatable bonds is 2. The first-order chi connectivity index (χ1) is 9.19. The maximum atomic E-state index is 10.0. The quantitative estimate of drug-likeness (QED) is 0.900. The SMILES string of the molecule is CCC1CN(c2nc3c(s2)CCCC3O)CCN1C. The lowest BCUT2D eigenvalue weighted by atomic mass is 10.0. The molecule has 0 bridgehead atoms. The van der Waals surface area contributed by atoms with Crippen molar-refractivity contribution in [2.75, 3.05) is 31.6 Å². The van der Waals surface area contributed by atoms with E-state index in [2.05, 4.69) is 23.8 Å². The van der Waals surface area contributed by atoms with Crippen LogP contribution in [0.25, 0.3) is 0 Å². The van der Waals surface area contributed by atoms with Crippen LogP contribution in [0.1, 0.15) is 42.9 Å². The number of nitrogens with zero attached hydrogens (tertiary/aromatic N) is 3. The van der Waals surface area contributed by atoms with Gasteiger partial charge in [0.1, 0.15) is 0 Å². The van der Waals surface area contributed by atoms with Gasteiger partial charge in [-0.25, -0.2) is 4.98 Å². The van der Waals surface area contributed by atoms with E-state index >= 15 is 0 Å². The van der Waals surface area contributed by atoms with Crippen molar-refractivity contribution in [3.63, 3.8) is 0 Å². The van der Waals surface area contributed by atoms with Crippen molar-refractivity contribution in [1.82, 2.24) is 9.88 Å². The molecule has 2 heterocycles. The number of anilines is 1. The van der Waals surface area contributed by atoms with Crippen LogP contribution in [0.2, 0.25) is 0 Å². The van der Waals surface area contributed by atoms with E-state index < -0.39 is 0 Å². The molecule has 1 saturated heterocycles. The number of likely N-dealkylation sites (N-methyl/N-ethyl adjacent to an activating group) is 1. The van der Waals surface area contributed by atoms with Crippen molar-refractivity contribution in [2.24, 2.45) is 0 Å². The minimum Gasteiger partial charge on any atom is -0.387 e. The third kappa shape index (κ3) is 2.51. The largest absolute Gasteiger partial charge is 0.387 e. The second kappa shape index (κ2) is 5.38. The summed E-state index contributed by atoms with van der Waals surface area (Å²) in [5.41, 5.74) is 0.957. The molecule has 1 fully saturated rings. The molecule has 1 N–H and O–H groups in total. The number of hydrogen-bond acceptors (Lipinski definition) is 5. The highest BCUT2D eigenvalue weighted by molar-refractivity contribution is 7.15. The van der Waals surface area contributed by atoms with Crippen LogP contribution in [0, 0.1) is 0 Å². The fraction of sp³-hybridized carbons (Fsp3) is 0.786. The molecule has 0 radical (unpaired) electrons. The Hall–Kier alpha value is -0.650. The predicted molar refractivity (Wildman–Crippen MR) is 78.9 cm³/mol. The molecule has 0 amide bonds. The monoisotopic (exact) mass is 281 g/mol. The van der Waals surface area contributed by atoms with Crippen molar-refractivity contribution < 1.29 is 5.11 Å². The lowest BCUT2D eigenvalue weighted by Crippen LogP contribution is -2.51. The second-order valence-electron chi connectivity index (χ2n) is 5.70. The lowest BCUT2D eigenvalue weighted by molar-refractivity contribution is 0.153. The van der Waals surface area contributed by atoms with Crippen LogP contribution in [-0.4, -0.2) is 47.7 Å². The minimum atomic E-state index is -0.330. The molecule has 106 valence electrons. The number of aromatic nitrogens is 1. The number of aryl methyl sites for hydroxylation is 1. The molecule has 1 aliphatic heterocycles. The first-order valence-corrected chi connectivity index (χ1v) is 8.13. The van der Waals surface area contributed by atoms with Gasteiger partial charge in [-0.05, 0) is 32.7 Å². The van der Waals surface area contributed by atoms with E-state index in [1.807, 2.05) is 0 Å². The van der Waals surface area contributed by atoms with Gasteiger partial charge in [-0.2, -0.15) is 0 Å². The highest BCUT2D eigenvalue weighted by Gasteiger charge is 2.28. The third-order valence-electron chi connectivity index (χ3n) is 4.43. The average Bonchev–Trinajstić information content (AvgIpc) is 2.85. The summed E-state index contributed by atoms with van der Waals surface area (Å²) in [7, 11) is 2.21. The lowest BCUT2D eigenvalue weighted by Gasteiger charge is -2.39. The Morgan fingerprint density at radius 2 is 2.26 bits per heavy atom. The molecule has 2 aliphatic rings. The van der Waals surface area contributed by atoms with Gasteiger partial charge in [-0.15, -0.1) is 11.3 Å². The van der Waals surface area contributed by atoms with Gasteiger partial charge in [-0.1, -0.05) is 6.92 Å². The van der Waals surface area contributed by atoms with E-state index in [1.165, 1.54) is 11.3 Å². The molecule has 3 rings (SSSR count). The first-order valence-electron chi connectivity index (χ1n) is 7.32. The van der Waals surface area contributed by atoms with Crippen LogP contribution in [0.3, 0.4) is 0 Å². The molecule has 4 nitrogen and oxygen atoms in total. The minimum absolute atomic E-state index is 0.330. The van der Waals surface area contributed by atoms with Crippen molar-refractivity contribution >= 4 is 16.5 Å². The summed E-state index contributed by atoms with van der Waals surface area (Å²) in [6.45, 7) is 5.47. The Morgan fingerprint density at radius 3 is 3.00 bits per heavy atom. The fourth-order valence-corrected chi connectivity index (χ4v) is 4.27.